The van der Waals surface area contributed by atoms with E-state index >= 15 is 0 Å². The molecule has 0 aliphatic heterocycles. The summed E-state index contributed by atoms with van der Waals surface area (Å²) < 4.78 is 4.64. The zero-order valence-electron chi connectivity index (χ0n) is 7.37. The van der Waals surface area contributed by atoms with Gasteiger partial charge < -0.3 is 9.64 Å². The molecule has 4 nitrogen and oxygen atoms in total. The van der Waals surface area contributed by atoms with E-state index in [4.69, 9.17) is 0 Å². The molecule has 0 saturated carbocycles. The molecule has 0 saturated heterocycles. The lowest BCUT2D eigenvalue weighted by atomic mass is 10.5. The first kappa shape index (κ1) is 10.7. The highest BCUT2D eigenvalue weighted by atomic mass is 16.5. The first-order chi connectivity index (χ1) is 5.57. The minimum atomic E-state index is -0.338. The molecule has 0 fully saturated rings. The van der Waals surface area contributed by atoms with E-state index in [0.29, 0.717) is 6.54 Å². The van der Waals surface area contributed by atoms with Gasteiger partial charge in [0.2, 0.25) is 5.91 Å². The maximum absolute atomic E-state index is 10.9. The standard InChI is InChI=1S/C8H13NO3/c1-4-8(11)9(3)5-6-12-7(2)10/h4H,1,5-6H2,2-3H3. The molecular weight excluding hydrogens is 158 g/mol. The Balaban J connectivity index is 3.56. The zero-order valence-corrected chi connectivity index (χ0v) is 7.37. The lowest BCUT2D eigenvalue weighted by Crippen LogP contribution is -2.28. The molecule has 0 bridgehead atoms. The van der Waals surface area contributed by atoms with Crippen LogP contribution in [0.2, 0.25) is 0 Å². The smallest absolute Gasteiger partial charge is 0.302 e. The molecule has 0 N–H and O–H groups in total. The number of esters is 1. The molecule has 0 aromatic heterocycles. The highest BCUT2D eigenvalue weighted by Gasteiger charge is 2.03. The molecule has 0 aliphatic rings. The molecule has 0 atom stereocenters. The van der Waals surface area contributed by atoms with E-state index in [-0.39, 0.29) is 18.5 Å². The highest BCUT2D eigenvalue weighted by molar-refractivity contribution is 5.86. The van der Waals surface area contributed by atoms with Gasteiger partial charge in [0.25, 0.3) is 0 Å². The fourth-order valence-electron chi connectivity index (χ4n) is 0.592. The van der Waals surface area contributed by atoms with Gasteiger partial charge in [0, 0.05) is 14.0 Å². The van der Waals surface area contributed by atoms with Gasteiger partial charge in [-0.2, -0.15) is 0 Å². The summed E-state index contributed by atoms with van der Waals surface area (Å²) in [4.78, 5) is 22.6. The average Bonchev–Trinajstić information content (AvgIpc) is 2.02. The maximum atomic E-state index is 10.9. The lowest BCUT2D eigenvalue weighted by Gasteiger charge is -2.13. The van der Waals surface area contributed by atoms with Crippen molar-refractivity contribution in [3.05, 3.63) is 12.7 Å². The summed E-state index contributed by atoms with van der Waals surface area (Å²) >= 11 is 0. The normalized spacial score (nSPS) is 8.83. The number of rotatable bonds is 4. The number of ether oxygens (including phenoxy) is 1. The Morgan fingerprint density at radius 2 is 2.17 bits per heavy atom. The van der Waals surface area contributed by atoms with Crippen LogP contribution in [-0.2, 0) is 14.3 Å². The number of likely N-dealkylation sites (N-methyl/N-ethyl adjacent to an activating group) is 1. The Morgan fingerprint density at radius 3 is 2.58 bits per heavy atom. The van der Waals surface area contributed by atoms with E-state index in [9.17, 15) is 9.59 Å². The second kappa shape index (κ2) is 5.35. The lowest BCUT2D eigenvalue weighted by molar-refractivity contribution is -0.142. The van der Waals surface area contributed by atoms with Crippen LogP contribution < -0.4 is 0 Å². The van der Waals surface area contributed by atoms with Crippen molar-refractivity contribution >= 4 is 11.9 Å². The van der Waals surface area contributed by atoms with Crippen LogP contribution in [0, 0.1) is 0 Å². The molecule has 0 aromatic rings. The fraction of sp³-hybridized carbons (Fsp3) is 0.500. The first-order valence-electron chi connectivity index (χ1n) is 3.59. The summed E-state index contributed by atoms with van der Waals surface area (Å²) in [5.74, 6) is -0.517. The quantitative estimate of drug-likeness (QED) is 0.448. The van der Waals surface area contributed by atoms with E-state index in [0.717, 1.165) is 0 Å². The molecular formula is C8H13NO3. The van der Waals surface area contributed by atoms with Crippen LogP contribution in [0.15, 0.2) is 12.7 Å². The molecule has 0 heterocycles. The van der Waals surface area contributed by atoms with Gasteiger partial charge in [0.15, 0.2) is 0 Å². The minimum absolute atomic E-state index is 0.179. The largest absolute Gasteiger partial charge is 0.464 e. The van der Waals surface area contributed by atoms with Crippen molar-refractivity contribution in [3.63, 3.8) is 0 Å². The van der Waals surface area contributed by atoms with Gasteiger partial charge in [-0.05, 0) is 6.08 Å². The number of amides is 1. The minimum Gasteiger partial charge on any atom is -0.464 e. The summed E-state index contributed by atoms with van der Waals surface area (Å²) in [6.45, 7) is 5.28. The predicted octanol–water partition coefficient (Wildman–Crippen LogP) is 0.194. The van der Waals surface area contributed by atoms with Crippen LogP contribution in [0.1, 0.15) is 6.92 Å². The van der Waals surface area contributed by atoms with Crippen molar-refractivity contribution in [2.45, 2.75) is 6.92 Å². The van der Waals surface area contributed by atoms with Gasteiger partial charge >= 0.3 is 5.97 Å². The monoisotopic (exact) mass is 171 g/mol. The molecule has 0 spiro atoms. The molecule has 0 aromatic carbocycles. The number of carbonyl (C=O) groups excluding carboxylic acids is 2. The van der Waals surface area contributed by atoms with E-state index < -0.39 is 0 Å². The van der Waals surface area contributed by atoms with Crippen molar-refractivity contribution < 1.29 is 14.3 Å². The van der Waals surface area contributed by atoms with E-state index in [1.165, 1.54) is 17.9 Å². The van der Waals surface area contributed by atoms with Crippen molar-refractivity contribution in [2.75, 3.05) is 20.2 Å². The van der Waals surface area contributed by atoms with E-state index in [1.807, 2.05) is 0 Å². The second-order valence-corrected chi connectivity index (χ2v) is 2.30. The highest BCUT2D eigenvalue weighted by Crippen LogP contribution is 1.86. The molecule has 68 valence electrons. The van der Waals surface area contributed by atoms with E-state index in [1.54, 1.807) is 7.05 Å². The number of hydrogen-bond acceptors (Lipinski definition) is 3. The molecule has 1 amide bonds. The summed E-state index contributed by atoms with van der Waals surface area (Å²) in [5, 5.41) is 0. The van der Waals surface area contributed by atoms with Gasteiger partial charge in [-0.15, -0.1) is 0 Å². The maximum Gasteiger partial charge on any atom is 0.302 e. The third-order valence-electron chi connectivity index (χ3n) is 1.28. The first-order valence-corrected chi connectivity index (χ1v) is 3.59. The Kier molecular flexibility index (Phi) is 4.76. The van der Waals surface area contributed by atoms with Gasteiger partial charge in [-0.25, -0.2) is 0 Å². The van der Waals surface area contributed by atoms with Gasteiger partial charge in [-0.1, -0.05) is 6.58 Å². The van der Waals surface area contributed by atoms with Crippen molar-refractivity contribution in [1.29, 1.82) is 0 Å². The van der Waals surface area contributed by atoms with Gasteiger partial charge in [-0.3, -0.25) is 9.59 Å². The Labute approximate surface area is 71.8 Å². The van der Waals surface area contributed by atoms with Crippen LogP contribution in [0.5, 0.6) is 0 Å². The van der Waals surface area contributed by atoms with Crippen molar-refractivity contribution in [3.8, 4) is 0 Å². The molecule has 0 radical (unpaired) electrons. The van der Waals surface area contributed by atoms with Crippen LogP contribution in [0.4, 0.5) is 0 Å². The van der Waals surface area contributed by atoms with Crippen LogP contribution in [-0.4, -0.2) is 37.0 Å². The van der Waals surface area contributed by atoms with Crippen molar-refractivity contribution in [1.82, 2.24) is 4.90 Å². The van der Waals surface area contributed by atoms with Crippen LogP contribution in [0.25, 0.3) is 0 Å². The molecule has 0 rings (SSSR count). The Hall–Kier alpha value is -1.32. The third-order valence-corrected chi connectivity index (χ3v) is 1.28. The van der Waals surface area contributed by atoms with Gasteiger partial charge in [0.05, 0.1) is 6.54 Å². The summed E-state index contributed by atoms with van der Waals surface area (Å²) in [7, 11) is 1.62. The molecule has 0 unspecified atom stereocenters. The third kappa shape index (κ3) is 4.49. The number of hydrogen-bond donors (Lipinski definition) is 0. The predicted molar refractivity (Wildman–Crippen MR) is 44.5 cm³/mol. The summed E-state index contributed by atoms with van der Waals surface area (Å²) in [6, 6.07) is 0. The van der Waals surface area contributed by atoms with Crippen molar-refractivity contribution in [2.24, 2.45) is 0 Å². The Bertz CT molecular complexity index is 189. The Morgan fingerprint density at radius 1 is 1.58 bits per heavy atom. The number of carbonyl (C=O) groups is 2. The zero-order chi connectivity index (χ0) is 9.56. The van der Waals surface area contributed by atoms with Gasteiger partial charge in [0.1, 0.15) is 6.61 Å². The average molecular weight is 171 g/mol. The van der Waals surface area contributed by atoms with Crippen LogP contribution in [0.3, 0.4) is 0 Å². The fourth-order valence-corrected chi connectivity index (χ4v) is 0.592. The topological polar surface area (TPSA) is 46.6 Å². The molecule has 0 aliphatic carbocycles. The SMILES string of the molecule is C=CC(=O)N(C)CCOC(C)=O. The summed E-state index contributed by atoms with van der Waals surface area (Å²) in [6.07, 6.45) is 1.22. The van der Waals surface area contributed by atoms with Crippen LogP contribution >= 0.6 is 0 Å². The molecule has 4 heteroatoms. The van der Waals surface area contributed by atoms with E-state index in [2.05, 4.69) is 11.3 Å². The second-order valence-electron chi connectivity index (χ2n) is 2.30. The summed E-state index contributed by atoms with van der Waals surface area (Å²) in [5.41, 5.74) is 0. The number of nitrogens with zero attached hydrogens (tertiary/aromatic N) is 1. The molecule has 12 heavy (non-hydrogen) atoms.